The number of halogens is 1. The van der Waals surface area contributed by atoms with Crippen LogP contribution < -0.4 is 5.56 Å². The van der Waals surface area contributed by atoms with Gasteiger partial charge >= 0.3 is 0 Å². The van der Waals surface area contributed by atoms with Gasteiger partial charge in [0.2, 0.25) is 11.7 Å². The topological polar surface area (TPSA) is 120 Å². The molecule has 0 aliphatic carbocycles. The first-order valence-corrected chi connectivity index (χ1v) is 11.0. The number of nitriles is 1. The van der Waals surface area contributed by atoms with Crippen molar-refractivity contribution in [2.45, 2.75) is 38.3 Å². The highest BCUT2D eigenvalue weighted by atomic mass is 35.5. The molecule has 4 heterocycles. The smallest absolute Gasteiger partial charge is 0.277 e. The van der Waals surface area contributed by atoms with Crippen LogP contribution in [0.2, 0.25) is 5.02 Å². The van der Waals surface area contributed by atoms with E-state index in [4.69, 9.17) is 25.6 Å². The lowest BCUT2D eigenvalue weighted by Crippen LogP contribution is -2.29. The number of rotatable bonds is 6. The molecule has 0 bridgehead atoms. The summed E-state index contributed by atoms with van der Waals surface area (Å²) in [6.45, 7) is 3.27. The van der Waals surface area contributed by atoms with Gasteiger partial charge < -0.3 is 18.6 Å². The number of ether oxygens (including phenoxy) is 2. The lowest BCUT2D eigenvalue weighted by atomic mass is 10.1. The first-order chi connectivity index (χ1) is 16.0. The highest BCUT2D eigenvalue weighted by Gasteiger charge is 2.26. The lowest BCUT2D eigenvalue weighted by molar-refractivity contribution is 0.0973. The average Bonchev–Trinajstić information content (AvgIpc) is 3.57. The zero-order valence-corrected chi connectivity index (χ0v) is 18.9. The SMILES string of the molecule is COCC(C)c1nc(-c2ncn3c2c(=O)n(CC2CCCO2)c2c(C#N)c(Cl)ccc23)no1. The highest BCUT2D eigenvalue weighted by molar-refractivity contribution is 6.32. The standard InChI is InChI=1S/C22H21ClN6O4/c1-12(10-31-2)21-26-20(27-33-21)17-19-22(30)28(9-13-4-3-7-32-13)18-14(8-24)15(23)5-6-16(18)29(19)11-25-17/h5-6,11-13H,3-4,7,9-10H2,1-2H3. The van der Waals surface area contributed by atoms with E-state index in [9.17, 15) is 10.1 Å². The molecule has 11 heteroatoms. The maximum atomic E-state index is 13.8. The van der Waals surface area contributed by atoms with Crippen LogP contribution in [0.25, 0.3) is 28.1 Å². The summed E-state index contributed by atoms with van der Waals surface area (Å²) < 4.78 is 19.5. The molecule has 1 aliphatic rings. The van der Waals surface area contributed by atoms with Crippen molar-refractivity contribution in [2.75, 3.05) is 20.3 Å². The van der Waals surface area contributed by atoms with Gasteiger partial charge in [-0.1, -0.05) is 23.7 Å². The second-order valence-electron chi connectivity index (χ2n) is 8.08. The summed E-state index contributed by atoms with van der Waals surface area (Å²) in [6.07, 6.45) is 3.15. The molecule has 3 aromatic heterocycles. The molecule has 33 heavy (non-hydrogen) atoms. The molecule has 2 atom stereocenters. The molecular formula is C22H21ClN6O4. The minimum atomic E-state index is -0.333. The van der Waals surface area contributed by atoms with Crippen molar-refractivity contribution in [3.63, 3.8) is 0 Å². The van der Waals surface area contributed by atoms with Crippen molar-refractivity contribution < 1.29 is 14.0 Å². The van der Waals surface area contributed by atoms with Gasteiger partial charge in [0.15, 0.2) is 0 Å². The van der Waals surface area contributed by atoms with Crippen LogP contribution in [-0.2, 0) is 16.0 Å². The molecule has 0 spiro atoms. The molecule has 1 aliphatic heterocycles. The van der Waals surface area contributed by atoms with E-state index in [1.54, 1.807) is 28.2 Å². The van der Waals surface area contributed by atoms with Crippen LogP contribution in [0.3, 0.4) is 0 Å². The molecule has 0 saturated carbocycles. The Balaban J connectivity index is 1.76. The molecule has 5 rings (SSSR count). The Hall–Kier alpha value is -3.26. The normalized spacial score (nSPS) is 17.1. The number of imidazole rings is 1. The van der Waals surface area contributed by atoms with Crippen LogP contribution in [0.4, 0.5) is 0 Å². The number of aromatic nitrogens is 5. The van der Waals surface area contributed by atoms with E-state index in [0.717, 1.165) is 12.8 Å². The minimum Gasteiger partial charge on any atom is -0.384 e. The Kier molecular flexibility index (Phi) is 5.62. The van der Waals surface area contributed by atoms with E-state index >= 15 is 0 Å². The minimum absolute atomic E-state index is 0.109. The van der Waals surface area contributed by atoms with Crippen molar-refractivity contribution in [1.82, 2.24) is 24.1 Å². The molecule has 10 nitrogen and oxygen atoms in total. The third-order valence-corrected chi connectivity index (χ3v) is 6.18. The number of benzene rings is 1. The predicted molar refractivity (Wildman–Crippen MR) is 119 cm³/mol. The zero-order chi connectivity index (χ0) is 23.1. The molecule has 1 fully saturated rings. The van der Waals surface area contributed by atoms with Gasteiger partial charge in [-0.3, -0.25) is 9.20 Å². The Morgan fingerprint density at radius 1 is 1.39 bits per heavy atom. The van der Waals surface area contributed by atoms with Crippen molar-refractivity contribution in [2.24, 2.45) is 0 Å². The van der Waals surface area contributed by atoms with E-state index < -0.39 is 0 Å². The van der Waals surface area contributed by atoms with Crippen molar-refractivity contribution in [3.8, 4) is 17.6 Å². The summed E-state index contributed by atoms with van der Waals surface area (Å²) in [6, 6.07) is 5.55. The van der Waals surface area contributed by atoms with Crippen LogP contribution in [0.5, 0.6) is 0 Å². The van der Waals surface area contributed by atoms with Gasteiger partial charge in [0.05, 0.1) is 46.8 Å². The van der Waals surface area contributed by atoms with Crippen molar-refractivity contribution in [1.29, 1.82) is 5.26 Å². The second-order valence-corrected chi connectivity index (χ2v) is 8.48. The molecular weight excluding hydrogens is 448 g/mol. The van der Waals surface area contributed by atoms with Crippen LogP contribution in [-0.4, -0.2) is 50.5 Å². The van der Waals surface area contributed by atoms with Crippen LogP contribution in [0, 0.1) is 11.3 Å². The molecule has 0 N–H and O–H groups in total. The first kappa shape index (κ1) is 21.6. The Bertz CT molecular complexity index is 1440. The Morgan fingerprint density at radius 3 is 2.97 bits per heavy atom. The quantitative estimate of drug-likeness (QED) is 0.423. The van der Waals surface area contributed by atoms with Crippen LogP contribution in [0.1, 0.15) is 37.1 Å². The van der Waals surface area contributed by atoms with Gasteiger partial charge in [0.1, 0.15) is 23.6 Å². The fourth-order valence-corrected chi connectivity index (χ4v) is 4.47. The van der Waals surface area contributed by atoms with E-state index in [-0.39, 0.29) is 34.0 Å². The molecule has 1 aromatic carbocycles. The van der Waals surface area contributed by atoms with Crippen molar-refractivity contribution >= 4 is 28.2 Å². The number of fused-ring (bicyclic) bond motifs is 3. The van der Waals surface area contributed by atoms with E-state index in [0.29, 0.717) is 47.9 Å². The maximum Gasteiger partial charge on any atom is 0.277 e. The van der Waals surface area contributed by atoms with E-state index in [1.165, 1.54) is 6.33 Å². The van der Waals surface area contributed by atoms with E-state index in [2.05, 4.69) is 21.2 Å². The second kappa shape index (κ2) is 8.59. The van der Waals surface area contributed by atoms with Gasteiger partial charge in [0, 0.05) is 13.7 Å². The highest BCUT2D eigenvalue weighted by Crippen LogP contribution is 2.29. The third kappa shape index (κ3) is 3.58. The number of methoxy groups -OCH3 is 1. The number of hydrogen-bond acceptors (Lipinski definition) is 8. The lowest BCUT2D eigenvalue weighted by Gasteiger charge is -2.17. The number of hydrogen-bond donors (Lipinski definition) is 0. The molecule has 1 saturated heterocycles. The van der Waals surface area contributed by atoms with Gasteiger partial charge in [-0.15, -0.1) is 0 Å². The summed E-state index contributed by atoms with van der Waals surface area (Å²) in [5.41, 5.74) is 1.56. The summed E-state index contributed by atoms with van der Waals surface area (Å²) in [5.74, 6) is 0.500. The summed E-state index contributed by atoms with van der Waals surface area (Å²) in [4.78, 5) is 22.7. The number of nitrogens with zero attached hydrogens (tertiary/aromatic N) is 6. The molecule has 0 amide bonds. The predicted octanol–water partition coefficient (Wildman–Crippen LogP) is 3.15. The van der Waals surface area contributed by atoms with Gasteiger partial charge in [-0.25, -0.2) is 4.98 Å². The first-order valence-electron chi connectivity index (χ1n) is 10.6. The summed E-state index contributed by atoms with van der Waals surface area (Å²) >= 11 is 6.32. The molecule has 170 valence electrons. The van der Waals surface area contributed by atoms with E-state index in [1.807, 2.05) is 6.92 Å². The Labute approximate surface area is 193 Å². The Morgan fingerprint density at radius 2 is 2.24 bits per heavy atom. The average molecular weight is 469 g/mol. The van der Waals surface area contributed by atoms with Crippen molar-refractivity contribution in [3.05, 3.63) is 45.3 Å². The third-order valence-electron chi connectivity index (χ3n) is 5.86. The largest absolute Gasteiger partial charge is 0.384 e. The van der Waals surface area contributed by atoms with Gasteiger partial charge in [0.25, 0.3) is 5.56 Å². The fourth-order valence-electron chi connectivity index (χ4n) is 4.28. The molecule has 4 aromatic rings. The fraction of sp³-hybridized carbons (Fsp3) is 0.409. The maximum absolute atomic E-state index is 13.8. The van der Waals surface area contributed by atoms with Crippen LogP contribution in [0.15, 0.2) is 27.8 Å². The summed E-state index contributed by atoms with van der Waals surface area (Å²) in [7, 11) is 1.60. The van der Waals surface area contributed by atoms with Gasteiger partial charge in [-0.2, -0.15) is 10.2 Å². The zero-order valence-electron chi connectivity index (χ0n) is 18.1. The molecule has 2 unspecified atom stereocenters. The van der Waals surface area contributed by atoms with Gasteiger partial charge in [-0.05, 0) is 25.0 Å². The molecule has 0 radical (unpaired) electrons. The van der Waals surface area contributed by atoms with Crippen LogP contribution >= 0.6 is 11.6 Å². The monoisotopic (exact) mass is 468 g/mol. The summed E-state index contributed by atoms with van der Waals surface area (Å²) in [5, 5.41) is 14.1.